The van der Waals surface area contributed by atoms with Crippen LogP contribution in [0.3, 0.4) is 0 Å². The third-order valence-electron chi connectivity index (χ3n) is 3.31. The predicted molar refractivity (Wildman–Crippen MR) is 83.7 cm³/mol. The molecule has 0 saturated carbocycles. The van der Waals surface area contributed by atoms with Crippen molar-refractivity contribution in [3.8, 4) is 5.75 Å². The van der Waals surface area contributed by atoms with E-state index in [-0.39, 0.29) is 15.6 Å². The second-order valence-corrected chi connectivity index (χ2v) is 7.82. The molecule has 0 aliphatic rings. The van der Waals surface area contributed by atoms with E-state index < -0.39 is 27.4 Å². The number of thiophene rings is 1. The van der Waals surface area contributed by atoms with Crippen LogP contribution in [0.2, 0.25) is 0 Å². The summed E-state index contributed by atoms with van der Waals surface area (Å²) < 4.78 is 70.1. The van der Waals surface area contributed by atoms with Gasteiger partial charge < -0.3 is 9.84 Å². The largest absolute Gasteiger partial charge is 0.494 e. The summed E-state index contributed by atoms with van der Waals surface area (Å²) in [6, 6.07) is 5.80. The van der Waals surface area contributed by atoms with Crippen LogP contribution in [-0.2, 0) is 15.6 Å². The van der Waals surface area contributed by atoms with Crippen molar-refractivity contribution in [2.24, 2.45) is 0 Å². The summed E-state index contributed by atoms with van der Waals surface area (Å²) in [7, 11) is -2.60. The molecule has 0 aliphatic heterocycles. The van der Waals surface area contributed by atoms with Gasteiger partial charge in [0.1, 0.15) is 5.75 Å². The van der Waals surface area contributed by atoms with Gasteiger partial charge in [-0.05, 0) is 36.1 Å². The summed E-state index contributed by atoms with van der Waals surface area (Å²) in [6.07, 6.45) is -4.85. The van der Waals surface area contributed by atoms with E-state index in [4.69, 9.17) is 4.74 Å². The Balaban J connectivity index is 2.27. The maximum Gasteiger partial charge on any atom is 0.421 e. The highest BCUT2D eigenvalue weighted by Crippen LogP contribution is 2.39. The number of alkyl halides is 3. The molecule has 1 aromatic carbocycles. The zero-order chi connectivity index (χ0) is 18.2. The van der Waals surface area contributed by atoms with E-state index in [1.807, 2.05) is 0 Å². The molecule has 1 aromatic heterocycles. The lowest BCUT2D eigenvalue weighted by molar-refractivity contribution is -0.258. The van der Waals surface area contributed by atoms with Crippen LogP contribution in [0.5, 0.6) is 5.75 Å². The van der Waals surface area contributed by atoms with Crippen LogP contribution in [0.1, 0.15) is 12.5 Å². The lowest BCUT2D eigenvalue weighted by atomic mass is 9.95. The van der Waals surface area contributed by atoms with Gasteiger partial charge in [0.25, 0.3) is 10.0 Å². The first-order chi connectivity index (χ1) is 11.0. The highest BCUT2D eigenvalue weighted by Gasteiger charge is 2.51. The first-order valence-electron chi connectivity index (χ1n) is 6.53. The Morgan fingerprint density at radius 1 is 1.17 bits per heavy atom. The van der Waals surface area contributed by atoms with E-state index in [2.05, 4.69) is 4.72 Å². The molecule has 1 unspecified atom stereocenters. The van der Waals surface area contributed by atoms with Gasteiger partial charge in [-0.25, -0.2) is 8.42 Å². The van der Waals surface area contributed by atoms with Crippen molar-refractivity contribution in [2.45, 2.75) is 22.9 Å². The van der Waals surface area contributed by atoms with Gasteiger partial charge in [-0.3, -0.25) is 4.72 Å². The monoisotopic (exact) mass is 381 g/mol. The van der Waals surface area contributed by atoms with E-state index in [1.54, 1.807) is 0 Å². The van der Waals surface area contributed by atoms with Crippen molar-refractivity contribution in [2.75, 3.05) is 11.8 Å². The molecule has 0 saturated heterocycles. The Bertz CT molecular complexity index is 811. The molecule has 1 atom stereocenters. The number of benzene rings is 1. The molecule has 1 heterocycles. The molecule has 5 nitrogen and oxygen atoms in total. The molecule has 2 rings (SSSR count). The Morgan fingerprint density at radius 2 is 1.75 bits per heavy atom. The maximum absolute atomic E-state index is 12.8. The quantitative estimate of drug-likeness (QED) is 0.833. The van der Waals surface area contributed by atoms with E-state index in [1.165, 1.54) is 18.6 Å². The Morgan fingerprint density at radius 3 is 2.25 bits per heavy atom. The lowest BCUT2D eigenvalue weighted by Gasteiger charge is -2.26. The molecular formula is C14H14F3NO4S2. The Hall–Kier alpha value is -1.78. The minimum absolute atomic E-state index is 0.0450. The standard InChI is InChI=1S/C14H14F3NO4S2/c1-13(19,14(15,16)17)9-3-5-10(6-4-9)18-24(20,21)12-11(22-2)7-8-23-12/h3-8,18-19H,1-2H3. The molecular weight excluding hydrogens is 367 g/mol. The number of rotatable bonds is 5. The van der Waals surface area contributed by atoms with Crippen molar-refractivity contribution in [3.63, 3.8) is 0 Å². The normalized spacial score (nSPS) is 14.9. The van der Waals surface area contributed by atoms with Crippen molar-refractivity contribution in [1.82, 2.24) is 0 Å². The lowest BCUT2D eigenvalue weighted by Crippen LogP contribution is -2.39. The summed E-state index contributed by atoms with van der Waals surface area (Å²) in [5.74, 6) is 0.170. The molecule has 0 amide bonds. The average Bonchev–Trinajstić information content (AvgIpc) is 2.95. The van der Waals surface area contributed by atoms with Crippen LogP contribution in [0.4, 0.5) is 18.9 Å². The summed E-state index contributed by atoms with van der Waals surface area (Å²) in [5, 5.41) is 11.1. The molecule has 24 heavy (non-hydrogen) atoms. The number of hydrogen-bond acceptors (Lipinski definition) is 5. The number of nitrogens with one attached hydrogen (secondary N) is 1. The SMILES string of the molecule is COc1ccsc1S(=O)(=O)Nc1ccc(C(C)(O)C(F)(F)F)cc1. The molecule has 0 radical (unpaired) electrons. The molecule has 0 bridgehead atoms. The highest BCUT2D eigenvalue weighted by atomic mass is 32.2. The zero-order valence-corrected chi connectivity index (χ0v) is 14.2. The van der Waals surface area contributed by atoms with Gasteiger partial charge in [0.15, 0.2) is 9.81 Å². The average molecular weight is 381 g/mol. The van der Waals surface area contributed by atoms with Crippen LogP contribution >= 0.6 is 11.3 Å². The zero-order valence-electron chi connectivity index (χ0n) is 12.6. The van der Waals surface area contributed by atoms with E-state index in [0.717, 1.165) is 35.6 Å². The molecule has 2 N–H and O–H groups in total. The second-order valence-electron chi connectivity index (χ2n) is 5.03. The summed E-state index contributed by atoms with van der Waals surface area (Å²) in [4.78, 5) is 0. The number of ether oxygens (including phenoxy) is 1. The van der Waals surface area contributed by atoms with Gasteiger partial charge in [-0.1, -0.05) is 12.1 Å². The van der Waals surface area contributed by atoms with Crippen LogP contribution in [-0.4, -0.2) is 26.8 Å². The van der Waals surface area contributed by atoms with Crippen LogP contribution in [0.15, 0.2) is 39.9 Å². The molecule has 0 aliphatic carbocycles. The van der Waals surface area contributed by atoms with E-state index in [9.17, 15) is 26.7 Å². The van der Waals surface area contributed by atoms with Crippen LogP contribution in [0.25, 0.3) is 0 Å². The second kappa shape index (κ2) is 6.26. The number of hydrogen-bond donors (Lipinski definition) is 2. The van der Waals surface area contributed by atoms with Crippen molar-refractivity contribution in [3.05, 3.63) is 41.3 Å². The van der Waals surface area contributed by atoms with Crippen molar-refractivity contribution < 1.29 is 31.4 Å². The van der Waals surface area contributed by atoms with Gasteiger partial charge in [0, 0.05) is 5.69 Å². The smallest absolute Gasteiger partial charge is 0.421 e. The van der Waals surface area contributed by atoms with Gasteiger partial charge >= 0.3 is 6.18 Å². The third-order valence-corrected chi connectivity index (χ3v) is 6.14. The maximum atomic E-state index is 12.8. The minimum atomic E-state index is -4.85. The fourth-order valence-corrected chi connectivity index (χ4v) is 4.20. The first-order valence-corrected chi connectivity index (χ1v) is 8.89. The van der Waals surface area contributed by atoms with Crippen LogP contribution in [0, 0.1) is 0 Å². The van der Waals surface area contributed by atoms with Crippen molar-refractivity contribution in [1.29, 1.82) is 0 Å². The summed E-state index contributed by atoms with van der Waals surface area (Å²) in [6.45, 7) is 0.628. The molecule has 132 valence electrons. The highest BCUT2D eigenvalue weighted by molar-refractivity contribution is 7.94. The van der Waals surface area contributed by atoms with Crippen LogP contribution < -0.4 is 9.46 Å². The predicted octanol–water partition coefficient (Wildman–Crippen LogP) is 3.33. The Kier molecular flexibility index (Phi) is 4.84. The fourth-order valence-electron chi connectivity index (χ4n) is 1.86. The molecule has 0 spiro atoms. The third kappa shape index (κ3) is 3.50. The van der Waals surface area contributed by atoms with Gasteiger partial charge in [-0.2, -0.15) is 13.2 Å². The summed E-state index contributed by atoms with van der Waals surface area (Å²) in [5.41, 5.74) is -3.36. The van der Waals surface area contributed by atoms with Gasteiger partial charge in [0.2, 0.25) is 0 Å². The number of methoxy groups -OCH3 is 1. The fraction of sp³-hybridized carbons (Fsp3) is 0.286. The van der Waals surface area contributed by atoms with Gasteiger partial charge in [-0.15, -0.1) is 11.3 Å². The topological polar surface area (TPSA) is 75.6 Å². The number of sulfonamides is 1. The number of halogens is 3. The number of anilines is 1. The van der Waals surface area contributed by atoms with Gasteiger partial charge in [0.05, 0.1) is 7.11 Å². The summed E-state index contributed by atoms with van der Waals surface area (Å²) >= 11 is 0.947. The Labute approximate surface area is 140 Å². The van der Waals surface area contributed by atoms with Crippen molar-refractivity contribution >= 4 is 27.0 Å². The first kappa shape index (κ1) is 18.6. The molecule has 2 aromatic rings. The van der Waals surface area contributed by atoms with E-state index >= 15 is 0 Å². The minimum Gasteiger partial charge on any atom is -0.494 e. The molecule has 10 heteroatoms. The van der Waals surface area contributed by atoms with E-state index in [0.29, 0.717) is 6.92 Å². The molecule has 0 fully saturated rings. The number of aliphatic hydroxyl groups is 1.